The van der Waals surface area contributed by atoms with Crippen LogP contribution in [0, 0.1) is 12.8 Å². The van der Waals surface area contributed by atoms with Crippen molar-refractivity contribution in [3.8, 4) is 0 Å². The summed E-state index contributed by atoms with van der Waals surface area (Å²) in [5, 5.41) is 0. The smallest absolute Gasteiger partial charge is 0.134 e. The highest BCUT2D eigenvalue weighted by Gasteiger charge is 2.21. The molecule has 126 valence electrons. The summed E-state index contributed by atoms with van der Waals surface area (Å²) in [4.78, 5) is 14.3. The maximum atomic E-state index is 4.73. The van der Waals surface area contributed by atoms with Crippen molar-refractivity contribution >= 4 is 11.6 Å². The molecule has 0 radical (unpaired) electrons. The third-order valence-corrected chi connectivity index (χ3v) is 5.37. The summed E-state index contributed by atoms with van der Waals surface area (Å²) in [5.74, 6) is 3.89. The van der Waals surface area contributed by atoms with Crippen molar-refractivity contribution in [1.29, 1.82) is 0 Å². The van der Waals surface area contributed by atoms with E-state index in [2.05, 4.69) is 47.1 Å². The molecule has 4 nitrogen and oxygen atoms in total. The molecule has 4 rings (SSSR count). The standard InChI is InChI=1S/C20H26N4/c1-15-7-10-23(11-8-15)19-13-20(22-16(2)21-19)24-12-9-17-5-3-4-6-18(17)14-24/h3-6,13,15H,7-12,14H2,1-2H3. The van der Waals surface area contributed by atoms with Gasteiger partial charge in [-0.3, -0.25) is 0 Å². The molecule has 2 aromatic rings. The number of hydrogen-bond acceptors (Lipinski definition) is 4. The molecule has 3 heterocycles. The summed E-state index contributed by atoms with van der Waals surface area (Å²) < 4.78 is 0. The van der Waals surface area contributed by atoms with Gasteiger partial charge in [-0.2, -0.15) is 0 Å². The maximum Gasteiger partial charge on any atom is 0.134 e. The van der Waals surface area contributed by atoms with E-state index >= 15 is 0 Å². The molecule has 0 N–H and O–H groups in total. The van der Waals surface area contributed by atoms with Crippen LogP contribution in [-0.2, 0) is 13.0 Å². The summed E-state index contributed by atoms with van der Waals surface area (Å²) in [7, 11) is 0. The molecule has 1 aromatic carbocycles. The molecule has 1 saturated heterocycles. The topological polar surface area (TPSA) is 32.3 Å². The lowest BCUT2D eigenvalue weighted by molar-refractivity contribution is 0.436. The monoisotopic (exact) mass is 322 g/mol. The van der Waals surface area contributed by atoms with Crippen LogP contribution in [0.25, 0.3) is 0 Å². The Bertz CT molecular complexity index is 719. The predicted octanol–water partition coefficient (Wildman–Crippen LogP) is 3.58. The van der Waals surface area contributed by atoms with Gasteiger partial charge in [0.2, 0.25) is 0 Å². The van der Waals surface area contributed by atoms with E-state index in [1.54, 1.807) is 0 Å². The molecule has 0 unspecified atom stereocenters. The lowest BCUT2D eigenvalue weighted by atomic mass is 9.99. The second kappa shape index (κ2) is 6.42. The molecule has 1 aromatic heterocycles. The van der Waals surface area contributed by atoms with E-state index < -0.39 is 0 Å². The first-order valence-electron chi connectivity index (χ1n) is 9.11. The van der Waals surface area contributed by atoms with Crippen molar-refractivity contribution in [2.75, 3.05) is 29.4 Å². The summed E-state index contributed by atoms with van der Waals surface area (Å²) in [6.45, 7) is 8.56. The molecule has 0 saturated carbocycles. The van der Waals surface area contributed by atoms with E-state index in [1.807, 2.05) is 6.92 Å². The van der Waals surface area contributed by atoms with Crippen molar-refractivity contribution in [1.82, 2.24) is 9.97 Å². The van der Waals surface area contributed by atoms with Crippen LogP contribution in [0.3, 0.4) is 0 Å². The largest absolute Gasteiger partial charge is 0.356 e. The minimum Gasteiger partial charge on any atom is -0.356 e. The van der Waals surface area contributed by atoms with Crippen LogP contribution in [0.2, 0.25) is 0 Å². The third kappa shape index (κ3) is 3.10. The Hall–Kier alpha value is -2.10. The van der Waals surface area contributed by atoms with E-state index in [1.165, 1.54) is 24.0 Å². The second-order valence-electron chi connectivity index (χ2n) is 7.24. The van der Waals surface area contributed by atoms with Gasteiger partial charge >= 0.3 is 0 Å². The Balaban J connectivity index is 1.58. The maximum absolute atomic E-state index is 4.73. The Morgan fingerprint density at radius 3 is 2.33 bits per heavy atom. The van der Waals surface area contributed by atoms with Gasteiger partial charge in [-0.1, -0.05) is 31.2 Å². The fourth-order valence-electron chi connectivity index (χ4n) is 3.79. The molecule has 2 aliphatic heterocycles. The average molecular weight is 322 g/mol. The number of nitrogens with zero attached hydrogens (tertiary/aromatic N) is 4. The van der Waals surface area contributed by atoms with Crippen LogP contribution in [0.1, 0.15) is 36.7 Å². The Labute approximate surface area is 144 Å². The molecule has 4 heteroatoms. The normalized spacial score (nSPS) is 18.6. The molecule has 2 aliphatic rings. The summed E-state index contributed by atoms with van der Waals surface area (Å²) in [5.41, 5.74) is 2.90. The Morgan fingerprint density at radius 1 is 0.917 bits per heavy atom. The Morgan fingerprint density at radius 2 is 1.58 bits per heavy atom. The fourth-order valence-corrected chi connectivity index (χ4v) is 3.79. The quantitative estimate of drug-likeness (QED) is 0.846. The van der Waals surface area contributed by atoms with E-state index in [-0.39, 0.29) is 0 Å². The first-order chi connectivity index (χ1) is 11.7. The van der Waals surface area contributed by atoms with Crippen LogP contribution < -0.4 is 9.80 Å². The molecular formula is C20H26N4. The van der Waals surface area contributed by atoms with Gasteiger partial charge < -0.3 is 9.80 Å². The zero-order valence-corrected chi connectivity index (χ0v) is 14.7. The molecular weight excluding hydrogens is 296 g/mol. The third-order valence-electron chi connectivity index (χ3n) is 5.37. The van der Waals surface area contributed by atoms with Gasteiger partial charge in [0.05, 0.1) is 0 Å². The molecule has 0 amide bonds. The summed E-state index contributed by atoms with van der Waals surface area (Å²) in [6, 6.07) is 10.9. The van der Waals surface area contributed by atoms with Gasteiger partial charge in [-0.15, -0.1) is 0 Å². The van der Waals surface area contributed by atoms with E-state index in [9.17, 15) is 0 Å². The van der Waals surface area contributed by atoms with Crippen LogP contribution in [0.4, 0.5) is 11.6 Å². The van der Waals surface area contributed by atoms with Gasteiger partial charge in [0.1, 0.15) is 17.5 Å². The number of aryl methyl sites for hydroxylation is 1. The van der Waals surface area contributed by atoms with Crippen molar-refractivity contribution in [2.45, 2.75) is 39.7 Å². The molecule has 0 spiro atoms. The Kier molecular flexibility index (Phi) is 4.13. The van der Waals surface area contributed by atoms with Gasteiger partial charge in [-0.05, 0) is 43.2 Å². The lowest BCUT2D eigenvalue weighted by Gasteiger charge is -2.33. The van der Waals surface area contributed by atoms with Crippen molar-refractivity contribution in [3.05, 3.63) is 47.3 Å². The average Bonchev–Trinajstić information content (AvgIpc) is 2.61. The molecule has 0 aliphatic carbocycles. The number of anilines is 2. The highest BCUT2D eigenvalue weighted by atomic mass is 15.2. The van der Waals surface area contributed by atoms with Gasteiger partial charge in [0, 0.05) is 32.2 Å². The number of aromatic nitrogens is 2. The van der Waals surface area contributed by atoms with Gasteiger partial charge in [-0.25, -0.2) is 9.97 Å². The number of hydrogen-bond donors (Lipinski definition) is 0. The summed E-state index contributed by atoms with van der Waals surface area (Å²) >= 11 is 0. The van der Waals surface area contributed by atoms with Crippen molar-refractivity contribution in [2.24, 2.45) is 5.92 Å². The number of fused-ring (bicyclic) bond motifs is 1. The number of benzene rings is 1. The molecule has 0 atom stereocenters. The fraction of sp³-hybridized carbons (Fsp3) is 0.500. The van der Waals surface area contributed by atoms with Crippen molar-refractivity contribution in [3.63, 3.8) is 0 Å². The molecule has 24 heavy (non-hydrogen) atoms. The van der Waals surface area contributed by atoms with Gasteiger partial charge in [0.25, 0.3) is 0 Å². The molecule has 0 bridgehead atoms. The minimum atomic E-state index is 0.835. The predicted molar refractivity (Wildman–Crippen MR) is 98.6 cm³/mol. The van der Waals surface area contributed by atoms with E-state index in [0.717, 1.165) is 56.0 Å². The lowest BCUT2D eigenvalue weighted by Crippen LogP contribution is -2.35. The highest BCUT2D eigenvalue weighted by Crippen LogP contribution is 2.27. The first-order valence-corrected chi connectivity index (χ1v) is 9.11. The summed E-state index contributed by atoms with van der Waals surface area (Å²) in [6.07, 6.45) is 3.61. The zero-order chi connectivity index (χ0) is 16.5. The zero-order valence-electron chi connectivity index (χ0n) is 14.7. The first kappa shape index (κ1) is 15.4. The van der Waals surface area contributed by atoms with Gasteiger partial charge in [0.15, 0.2) is 0 Å². The van der Waals surface area contributed by atoms with Crippen LogP contribution in [-0.4, -0.2) is 29.6 Å². The minimum absolute atomic E-state index is 0.835. The van der Waals surface area contributed by atoms with Crippen molar-refractivity contribution < 1.29 is 0 Å². The van der Waals surface area contributed by atoms with Crippen LogP contribution in [0.5, 0.6) is 0 Å². The van der Waals surface area contributed by atoms with E-state index in [0.29, 0.717) is 0 Å². The van der Waals surface area contributed by atoms with Crippen LogP contribution in [0.15, 0.2) is 30.3 Å². The highest BCUT2D eigenvalue weighted by molar-refractivity contribution is 5.53. The SMILES string of the molecule is Cc1nc(N2CCC(C)CC2)cc(N2CCc3ccccc3C2)n1. The number of piperidine rings is 1. The van der Waals surface area contributed by atoms with Crippen LogP contribution >= 0.6 is 0 Å². The van der Waals surface area contributed by atoms with E-state index in [4.69, 9.17) is 9.97 Å². The second-order valence-corrected chi connectivity index (χ2v) is 7.24. The molecule has 1 fully saturated rings. The number of rotatable bonds is 2.